The summed E-state index contributed by atoms with van der Waals surface area (Å²) in [6, 6.07) is 9.82. The third-order valence-corrected chi connectivity index (χ3v) is 4.58. The molecule has 2 aromatic heterocycles. The van der Waals surface area contributed by atoms with Crippen LogP contribution in [0.4, 0.5) is 0 Å². The molecule has 0 fully saturated rings. The molecule has 0 atom stereocenters. The van der Waals surface area contributed by atoms with E-state index < -0.39 is 11.2 Å². The van der Waals surface area contributed by atoms with Gasteiger partial charge in [-0.1, -0.05) is 30.3 Å². The number of hydrogen-bond acceptors (Lipinski definition) is 5. The number of carbonyl (C=O) groups is 1. The summed E-state index contributed by atoms with van der Waals surface area (Å²) in [5.74, 6) is -0.230. The van der Waals surface area contributed by atoms with Crippen molar-refractivity contribution in [3.63, 3.8) is 0 Å². The molecule has 0 unspecified atom stereocenters. The van der Waals surface area contributed by atoms with Crippen molar-refractivity contribution in [2.75, 3.05) is 7.05 Å². The quantitative estimate of drug-likeness (QED) is 0.721. The molecule has 7 nitrogen and oxygen atoms in total. The zero-order valence-corrected chi connectivity index (χ0v) is 14.3. The molecular formula is C17H16N4O3S. The maximum absolute atomic E-state index is 12.3. The third-order valence-electron chi connectivity index (χ3n) is 3.64. The summed E-state index contributed by atoms with van der Waals surface area (Å²) in [6.45, 7) is 0.351. The Morgan fingerprint density at radius 3 is 2.72 bits per heavy atom. The predicted octanol–water partition coefficient (Wildman–Crippen LogP) is 1.39. The highest BCUT2D eigenvalue weighted by Crippen LogP contribution is 2.23. The van der Waals surface area contributed by atoms with Crippen LogP contribution < -0.4 is 11.2 Å². The van der Waals surface area contributed by atoms with Crippen LogP contribution in [0.1, 0.15) is 11.3 Å². The van der Waals surface area contributed by atoms with Gasteiger partial charge < -0.3 is 9.88 Å². The molecule has 0 bridgehead atoms. The average Bonchev–Trinajstić information content (AvgIpc) is 3.06. The van der Waals surface area contributed by atoms with Crippen molar-refractivity contribution < 1.29 is 4.79 Å². The van der Waals surface area contributed by atoms with Crippen LogP contribution in [0.5, 0.6) is 0 Å². The van der Waals surface area contributed by atoms with Gasteiger partial charge in [0.05, 0.1) is 18.7 Å². The number of carbonyl (C=O) groups excluding carboxylic acids is 1. The normalized spacial score (nSPS) is 10.6. The second kappa shape index (κ2) is 7.27. The first-order valence-electron chi connectivity index (χ1n) is 7.57. The molecule has 0 spiro atoms. The Labute approximate surface area is 147 Å². The first kappa shape index (κ1) is 16.8. The summed E-state index contributed by atoms with van der Waals surface area (Å²) in [5.41, 5.74) is 0.901. The second-order valence-corrected chi connectivity index (χ2v) is 6.39. The Morgan fingerprint density at radius 2 is 2.00 bits per heavy atom. The van der Waals surface area contributed by atoms with E-state index >= 15 is 0 Å². The van der Waals surface area contributed by atoms with Gasteiger partial charge in [-0.25, -0.2) is 9.78 Å². The van der Waals surface area contributed by atoms with E-state index in [4.69, 9.17) is 0 Å². The maximum Gasteiger partial charge on any atom is 0.325 e. The summed E-state index contributed by atoms with van der Waals surface area (Å²) < 4.78 is 0. The van der Waals surface area contributed by atoms with Crippen LogP contribution in [0.25, 0.3) is 10.6 Å². The van der Waals surface area contributed by atoms with Crippen LogP contribution in [0.15, 0.2) is 51.5 Å². The number of aromatic amines is 2. The largest absolute Gasteiger partial charge is 0.340 e. The van der Waals surface area contributed by atoms with Gasteiger partial charge in [-0.15, -0.1) is 11.3 Å². The minimum absolute atomic E-state index is 0.0850. The Kier molecular flexibility index (Phi) is 4.90. The van der Waals surface area contributed by atoms with Crippen LogP contribution in [0.3, 0.4) is 0 Å². The molecule has 1 aromatic carbocycles. The van der Waals surface area contributed by atoms with E-state index in [9.17, 15) is 14.4 Å². The van der Waals surface area contributed by atoms with Crippen molar-refractivity contribution in [1.29, 1.82) is 0 Å². The first-order chi connectivity index (χ1) is 12.0. The summed E-state index contributed by atoms with van der Waals surface area (Å²) >= 11 is 1.52. The highest BCUT2D eigenvalue weighted by molar-refractivity contribution is 7.13. The lowest BCUT2D eigenvalue weighted by atomic mass is 10.2. The fourth-order valence-corrected chi connectivity index (χ4v) is 3.11. The SMILES string of the molecule is CN(Cc1csc(-c2ccccc2)n1)C(=O)Cc1c[nH]c(=O)[nH]c1=O. The molecule has 1 amide bonds. The van der Waals surface area contributed by atoms with Gasteiger partial charge in [-0.3, -0.25) is 14.6 Å². The monoisotopic (exact) mass is 356 g/mol. The molecule has 0 saturated heterocycles. The van der Waals surface area contributed by atoms with Crippen LogP contribution in [-0.4, -0.2) is 32.8 Å². The highest BCUT2D eigenvalue weighted by atomic mass is 32.1. The lowest BCUT2D eigenvalue weighted by Gasteiger charge is -2.15. The lowest BCUT2D eigenvalue weighted by Crippen LogP contribution is -2.32. The third kappa shape index (κ3) is 4.10. The van der Waals surface area contributed by atoms with Crippen molar-refractivity contribution in [3.05, 3.63) is 74.0 Å². The predicted molar refractivity (Wildman–Crippen MR) is 95.4 cm³/mol. The molecule has 128 valence electrons. The average molecular weight is 356 g/mol. The number of nitrogens with one attached hydrogen (secondary N) is 2. The van der Waals surface area contributed by atoms with Crippen molar-refractivity contribution >= 4 is 17.2 Å². The number of aromatic nitrogens is 3. The molecular weight excluding hydrogens is 340 g/mol. The van der Waals surface area contributed by atoms with Gasteiger partial charge in [0.25, 0.3) is 5.56 Å². The van der Waals surface area contributed by atoms with Gasteiger partial charge in [0.15, 0.2) is 0 Å². The van der Waals surface area contributed by atoms with Crippen LogP contribution in [0, 0.1) is 0 Å². The molecule has 0 aliphatic heterocycles. The number of nitrogens with zero attached hydrogens (tertiary/aromatic N) is 2. The first-order valence-corrected chi connectivity index (χ1v) is 8.45. The van der Waals surface area contributed by atoms with E-state index in [1.54, 1.807) is 7.05 Å². The molecule has 2 N–H and O–H groups in total. The standard InChI is InChI=1S/C17H16N4O3S/c1-21(14(22)7-12-8-18-17(24)20-15(12)23)9-13-10-25-16(19-13)11-5-3-2-4-6-11/h2-6,8,10H,7,9H2,1H3,(H2,18,20,23,24). The highest BCUT2D eigenvalue weighted by Gasteiger charge is 2.14. The fourth-order valence-electron chi connectivity index (χ4n) is 2.29. The van der Waals surface area contributed by atoms with Gasteiger partial charge in [0, 0.05) is 29.8 Å². The van der Waals surface area contributed by atoms with Gasteiger partial charge >= 0.3 is 5.69 Å². The van der Waals surface area contributed by atoms with Gasteiger partial charge in [0.2, 0.25) is 5.91 Å². The minimum atomic E-state index is -0.592. The summed E-state index contributed by atoms with van der Waals surface area (Å²) in [4.78, 5) is 45.5. The smallest absolute Gasteiger partial charge is 0.325 e. The van der Waals surface area contributed by atoms with Crippen molar-refractivity contribution in [3.8, 4) is 10.6 Å². The van der Waals surface area contributed by atoms with Gasteiger partial charge in [0.1, 0.15) is 5.01 Å². The maximum atomic E-state index is 12.3. The van der Waals surface area contributed by atoms with Gasteiger partial charge in [-0.05, 0) is 0 Å². The minimum Gasteiger partial charge on any atom is -0.340 e. The molecule has 0 saturated carbocycles. The fraction of sp³-hybridized carbons (Fsp3) is 0.176. The molecule has 25 heavy (non-hydrogen) atoms. The van der Waals surface area contributed by atoms with Crippen LogP contribution in [-0.2, 0) is 17.8 Å². The number of thiazole rings is 1. The van der Waals surface area contributed by atoms with Crippen molar-refractivity contribution in [1.82, 2.24) is 19.9 Å². The summed E-state index contributed by atoms with van der Waals surface area (Å²) in [5, 5.41) is 2.81. The van der Waals surface area contributed by atoms with Gasteiger partial charge in [-0.2, -0.15) is 0 Å². The molecule has 0 aliphatic rings. The Hall–Kier alpha value is -3.00. The zero-order chi connectivity index (χ0) is 17.8. The number of hydrogen-bond donors (Lipinski definition) is 2. The number of rotatable bonds is 5. The van der Waals surface area contributed by atoms with E-state index in [2.05, 4.69) is 15.0 Å². The van der Waals surface area contributed by atoms with E-state index in [1.807, 2.05) is 35.7 Å². The molecule has 3 rings (SSSR count). The second-order valence-electron chi connectivity index (χ2n) is 5.53. The van der Waals surface area contributed by atoms with E-state index in [-0.39, 0.29) is 17.9 Å². The van der Waals surface area contributed by atoms with E-state index in [1.165, 1.54) is 22.4 Å². The Bertz CT molecular complexity index is 991. The zero-order valence-electron chi connectivity index (χ0n) is 13.5. The Balaban J connectivity index is 1.67. The number of amides is 1. The van der Waals surface area contributed by atoms with Crippen LogP contribution in [0.2, 0.25) is 0 Å². The number of benzene rings is 1. The van der Waals surface area contributed by atoms with Crippen LogP contribution >= 0.6 is 11.3 Å². The van der Waals surface area contributed by atoms with Crippen molar-refractivity contribution in [2.45, 2.75) is 13.0 Å². The molecule has 8 heteroatoms. The molecule has 0 aliphatic carbocycles. The number of H-pyrrole nitrogens is 2. The molecule has 3 aromatic rings. The summed E-state index contributed by atoms with van der Waals surface area (Å²) in [7, 11) is 1.66. The number of likely N-dealkylation sites (N-methyl/N-ethyl adjacent to an activating group) is 1. The Morgan fingerprint density at radius 1 is 1.24 bits per heavy atom. The van der Waals surface area contributed by atoms with E-state index in [0.29, 0.717) is 6.54 Å². The summed E-state index contributed by atoms with van der Waals surface area (Å²) in [6.07, 6.45) is 1.18. The molecule has 0 radical (unpaired) electrons. The lowest BCUT2D eigenvalue weighted by molar-refractivity contribution is -0.129. The van der Waals surface area contributed by atoms with E-state index in [0.717, 1.165) is 16.3 Å². The molecule has 2 heterocycles. The van der Waals surface area contributed by atoms with Crippen molar-refractivity contribution in [2.24, 2.45) is 0 Å². The topological polar surface area (TPSA) is 98.9 Å².